The quantitative estimate of drug-likeness (QED) is 0.692. The number of carboxylic acid groups (broad SMARTS) is 1. The summed E-state index contributed by atoms with van der Waals surface area (Å²) < 4.78 is 26.6. The van der Waals surface area contributed by atoms with E-state index < -0.39 is 27.9 Å². The number of ether oxygens (including phenoxy) is 1. The summed E-state index contributed by atoms with van der Waals surface area (Å²) in [6.45, 7) is 3.85. The molecule has 0 aliphatic rings. The molecule has 0 rings (SSSR count). The Labute approximate surface area is 106 Å². The second-order valence-electron chi connectivity index (χ2n) is 4.45. The lowest BCUT2D eigenvalue weighted by Crippen LogP contribution is -2.42. The summed E-state index contributed by atoms with van der Waals surface area (Å²) in [6.07, 6.45) is -0.0434. The first-order valence-corrected chi connectivity index (χ1v) is 7.51. The summed E-state index contributed by atoms with van der Waals surface area (Å²) in [6, 6.07) is -1.26. The van der Waals surface area contributed by atoms with E-state index in [0.717, 1.165) is 6.26 Å². The van der Waals surface area contributed by atoms with Gasteiger partial charge in [0, 0.05) is 6.26 Å². The minimum Gasteiger partial charge on any atom is -0.480 e. The number of carboxylic acids is 1. The Morgan fingerprint density at radius 2 is 1.89 bits per heavy atom. The van der Waals surface area contributed by atoms with Gasteiger partial charge in [-0.15, -0.1) is 0 Å². The molecule has 0 radical (unpaired) electrons. The molecule has 0 aliphatic carbocycles. The molecule has 0 aromatic heterocycles. The first-order valence-electron chi connectivity index (χ1n) is 5.45. The van der Waals surface area contributed by atoms with E-state index in [4.69, 9.17) is 9.84 Å². The van der Waals surface area contributed by atoms with E-state index in [-0.39, 0.29) is 24.7 Å². The lowest BCUT2D eigenvalue weighted by atomic mass is 10.2. The molecule has 0 aromatic carbocycles. The fourth-order valence-electron chi connectivity index (χ4n) is 1.02. The standard InChI is InChI=1S/C10H19NO6S/c1-7(2)6-17-10(14)11-8(9(12)13)4-5-18(3,15)16/h7-8H,4-6H2,1-3H3,(H,11,14)(H,12,13). The average Bonchev–Trinajstić information content (AvgIpc) is 2.19. The van der Waals surface area contributed by atoms with Crippen molar-refractivity contribution in [3.63, 3.8) is 0 Å². The van der Waals surface area contributed by atoms with E-state index in [1.807, 2.05) is 13.8 Å². The topological polar surface area (TPSA) is 110 Å². The van der Waals surface area contributed by atoms with Crippen molar-refractivity contribution in [2.75, 3.05) is 18.6 Å². The smallest absolute Gasteiger partial charge is 0.407 e. The van der Waals surface area contributed by atoms with Crippen LogP contribution in [0.4, 0.5) is 4.79 Å². The molecular weight excluding hydrogens is 262 g/mol. The Hall–Kier alpha value is -1.31. The number of hydrogen-bond acceptors (Lipinski definition) is 5. The zero-order chi connectivity index (χ0) is 14.3. The van der Waals surface area contributed by atoms with E-state index in [9.17, 15) is 18.0 Å². The Morgan fingerprint density at radius 3 is 2.28 bits per heavy atom. The van der Waals surface area contributed by atoms with Crippen LogP contribution < -0.4 is 5.32 Å². The van der Waals surface area contributed by atoms with Crippen molar-refractivity contribution in [2.24, 2.45) is 5.92 Å². The molecule has 0 spiro atoms. The molecule has 106 valence electrons. The molecule has 0 bridgehead atoms. The van der Waals surface area contributed by atoms with Crippen LogP contribution in [0.1, 0.15) is 20.3 Å². The van der Waals surface area contributed by atoms with Crippen LogP contribution in [0.25, 0.3) is 0 Å². The molecule has 0 aromatic rings. The fraction of sp³-hybridized carbons (Fsp3) is 0.800. The minimum absolute atomic E-state index is 0.134. The summed E-state index contributed by atoms with van der Waals surface area (Å²) in [4.78, 5) is 22.1. The minimum atomic E-state index is -3.27. The van der Waals surface area contributed by atoms with Crippen LogP contribution in [0.15, 0.2) is 0 Å². The van der Waals surface area contributed by atoms with Gasteiger partial charge in [-0.2, -0.15) is 0 Å². The maximum atomic E-state index is 11.2. The van der Waals surface area contributed by atoms with Crippen LogP contribution in [0.5, 0.6) is 0 Å². The van der Waals surface area contributed by atoms with Gasteiger partial charge >= 0.3 is 12.1 Å². The Morgan fingerprint density at radius 1 is 1.33 bits per heavy atom. The number of hydrogen-bond donors (Lipinski definition) is 2. The summed E-state index contributed by atoms with van der Waals surface area (Å²) in [7, 11) is -3.27. The molecule has 18 heavy (non-hydrogen) atoms. The van der Waals surface area contributed by atoms with Crippen molar-refractivity contribution in [1.29, 1.82) is 0 Å². The number of aliphatic carboxylic acids is 1. The molecule has 1 atom stereocenters. The van der Waals surface area contributed by atoms with Crippen LogP contribution in [0.2, 0.25) is 0 Å². The lowest BCUT2D eigenvalue weighted by molar-refractivity contribution is -0.139. The third-order valence-corrected chi connectivity index (χ3v) is 2.89. The monoisotopic (exact) mass is 281 g/mol. The van der Waals surface area contributed by atoms with Gasteiger partial charge in [0.2, 0.25) is 0 Å². The van der Waals surface area contributed by atoms with Crippen molar-refractivity contribution < 1.29 is 27.9 Å². The van der Waals surface area contributed by atoms with Gasteiger partial charge in [-0.3, -0.25) is 0 Å². The maximum Gasteiger partial charge on any atom is 0.407 e. The van der Waals surface area contributed by atoms with Crippen LogP contribution in [-0.2, 0) is 19.4 Å². The van der Waals surface area contributed by atoms with Crippen LogP contribution >= 0.6 is 0 Å². The molecular formula is C10H19NO6S. The third kappa shape index (κ3) is 8.80. The first kappa shape index (κ1) is 16.7. The number of rotatable bonds is 7. The number of carbonyl (C=O) groups is 2. The molecule has 0 saturated heterocycles. The van der Waals surface area contributed by atoms with Gasteiger partial charge in [-0.1, -0.05) is 13.8 Å². The molecule has 0 saturated carbocycles. The summed E-state index contributed by atoms with van der Waals surface area (Å²) >= 11 is 0. The van der Waals surface area contributed by atoms with Crippen LogP contribution in [0.3, 0.4) is 0 Å². The lowest BCUT2D eigenvalue weighted by Gasteiger charge is -2.14. The van der Waals surface area contributed by atoms with Crippen molar-refractivity contribution in [1.82, 2.24) is 5.32 Å². The third-order valence-electron chi connectivity index (χ3n) is 1.92. The zero-order valence-electron chi connectivity index (χ0n) is 10.7. The summed E-state index contributed by atoms with van der Waals surface area (Å²) in [5.41, 5.74) is 0. The molecule has 1 unspecified atom stereocenters. The molecule has 2 N–H and O–H groups in total. The second-order valence-corrected chi connectivity index (χ2v) is 6.71. The van der Waals surface area contributed by atoms with Crippen molar-refractivity contribution in [2.45, 2.75) is 26.3 Å². The molecule has 0 fully saturated rings. The Kier molecular flexibility index (Phi) is 6.67. The second kappa shape index (κ2) is 7.20. The number of amides is 1. The van der Waals surface area contributed by atoms with Crippen LogP contribution in [0, 0.1) is 5.92 Å². The van der Waals surface area contributed by atoms with E-state index >= 15 is 0 Å². The molecule has 7 nitrogen and oxygen atoms in total. The van der Waals surface area contributed by atoms with Crippen molar-refractivity contribution >= 4 is 21.9 Å². The van der Waals surface area contributed by atoms with Gasteiger partial charge in [-0.25, -0.2) is 18.0 Å². The molecule has 0 aliphatic heterocycles. The SMILES string of the molecule is CC(C)COC(=O)NC(CCS(C)(=O)=O)C(=O)O. The Balaban J connectivity index is 4.28. The highest BCUT2D eigenvalue weighted by molar-refractivity contribution is 7.90. The van der Waals surface area contributed by atoms with Gasteiger partial charge in [0.15, 0.2) is 0 Å². The first-order chi connectivity index (χ1) is 8.11. The number of carbonyl (C=O) groups excluding carboxylic acids is 1. The molecule has 0 heterocycles. The van der Waals surface area contributed by atoms with E-state index in [2.05, 4.69) is 5.32 Å². The number of sulfone groups is 1. The predicted molar refractivity (Wildman–Crippen MR) is 65.1 cm³/mol. The molecule has 1 amide bonds. The number of nitrogens with one attached hydrogen (secondary N) is 1. The molecule has 8 heteroatoms. The normalized spacial score (nSPS) is 13.1. The van der Waals surface area contributed by atoms with E-state index in [0.29, 0.717) is 0 Å². The predicted octanol–water partition coefficient (Wildman–Crippen LogP) is 0.257. The van der Waals surface area contributed by atoms with E-state index in [1.54, 1.807) is 0 Å². The Bertz CT molecular complexity index is 389. The highest BCUT2D eigenvalue weighted by atomic mass is 32.2. The van der Waals surface area contributed by atoms with Gasteiger partial charge in [0.1, 0.15) is 15.9 Å². The van der Waals surface area contributed by atoms with Crippen molar-refractivity contribution in [3.8, 4) is 0 Å². The number of alkyl carbamates (subject to hydrolysis) is 1. The largest absolute Gasteiger partial charge is 0.480 e. The maximum absolute atomic E-state index is 11.2. The fourth-order valence-corrected chi connectivity index (χ4v) is 1.68. The van der Waals surface area contributed by atoms with Crippen molar-refractivity contribution in [3.05, 3.63) is 0 Å². The zero-order valence-corrected chi connectivity index (χ0v) is 11.5. The highest BCUT2D eigenvalue weighted by Crippen LogP contribution is 1.99. The summed E-state index contributed by atoms with van der Waals surface area (Å²) in [5, 5.41) is 11.0. The van der Waals surface area contributed by atoms with E-state index in [1.165, 1.54) is 0 Å². The van der Waals surface area contributed by atoms with Gasteiger partial charge in [-0.05, 0) is 12.3 Å². The highest BCUT2D eigenvalue weighted by Gasteiger charge is 2.22. The van der Waals surface area contributed by atoms with Crippen LogP contribution in [-0.4, -0.2) is 50.2 Å². The average molecular weight is 281 g/mol. The summed E-state index contributed by atoms with van der Waals surface area (Å²) in [5.74, 6) is -1.47. The van der Waals surface area contributed by atoms with Gasteiger partial charge in [0.25, 0.3) is 0 Å². The van der Waals surface area contributed by atoms with Gasteiger partial charge < -0.3 is 15.2 Å². The van der Waals surface area contributed by atoms with Gasteiger partial charge in [0.05, 0.1) is 12.4 Å².